The van der Waals surface area contributed by atoms with Gasteiger partial charge < -0.3 is 41.6 Å². The molecule has 1 aliphatic carbocycles. The van der Waals surface area contributed by atoms with E-state index in [-0.39, 0.29) is 0 Å². The lowest BCUT2D eigenvalue weighted by Gasteiger charge is -2.33. The smallest absolute Gasteiger partial charge is 0.180 e. The maximum atomic E-state index is 5.29. The van der Waals surface area contributed by atoms with Gasteiger partial charge >= 0.3 is 0 Å². The van der Waals surface area contributed by atoms with Gasteiger partial charge in [-0.3, -0.25) is 72.0 Å². The van der Waals surface area contributed by atoms with Gasteiger partial charge in [0.05, 0.1) is 176 Å². The van der Waals surface area contributed by atoms with E-state index in [4.69, 9.17) is 9.82 Å². The van der Waals surface area contributed by atoms with Crippen LogP contribution in [0.15, 0.2) is 155 Å². The summed E-state index contributed by atoms with van der Waals surface area (Å²) < 4.78 is 19.5. The topological polar surface area (TPSA) is 463 Å². The Bertz CT molecular complexity index is 7810. The van der Waals surface area contributed by atoms with Crippen molar-refractivity contribution < 1.29 is 4.84 Å². The second-order valence-electron chi connectivity index (χ2n) is 39.5. The number of hydrogen-bond donors (Lipinski definition) is 11. The van der Waals surface area contributed by atoms with Gasteiger partial charge in [0.15, 0.2) is 57.3 Å². The van der Waals surface area contributed by atoms with Crippen LogP contribution in [0.3, 0.4) is 0 Å². The van der Waals surface area contributed by atoms with E-state index in [2.05, 4.69) is 223 Å². The molecule has 778 valence electrons. The number of nitrogens with one attached hydrogen (secondary N) is 11. The van der Waals surface area contributed by atoms with Gasteiger partial charge in [0.25, 0.3) is 0 Å². The molecule has 25 heterocycles. The molecule has 6 fully saturated rings. The van der Waals surface area contributed by atoms with E-state index in [1.807, 2.05) is 164 Å². The molecule has 26 rings (SSSR count). The van der Waals surface area contributed by atoms with Crippen LogP contribution in [0, 0.1) is 51.9 Å². The molecule has 0 bridgehead atoms. The van der Waals surface area contributed by atoms with Gasteiger partial charge in [-0.25, -0.2) is 64.8 Å². The average Bonchev–Trinajstić information content (AvgIpc) is 1.64. The molecule has 0 aromatic carbocycles. The Balaban J connectivity index is 0.000000106. The van der Waals surface area contributed by atoms with Gasteiger partial charge in [-0.15, -0.1) is 0 Å². The number of hydrogen-bond acceptors (Lipinski definition) is 39. The Morgan fingerprint density at radius 3 is 1.17 bits per heavy atom. The van der Waals surface area contributed by atoms with Gasteiger partial charge in [0.1, 0.15) is 40.0 Å². The molecule has 1 saturated carbocycles. The summed E-state index contributed by atoms with van der Waals surface area (Å²) in [5.74, 6) is 5.33. The number of rotatable bonds is 30. The Morgan fingerprint density at radius 1 is 0.413 bits per heavy atom. The molecule has 6 aliphatic rings. The zero-order valence-electron chi connectivity index (χ0n) is 85.4. The summed E-state index contributed by atoms with van der Waals surface area (Å²) in [5.41, 5.74) is 20.9. The number of piperazine rings is 2. The molecule has 5 saturated heterocycles. The molecule has 0 radical (unpaired) electrons. The van der Waals surface area contributed by atoms with Crippen molar-refractivity contribution in [3.63, 3.8) is 0 Å². The number of imidazole rings is 5. The summed E-state index contributed by atoms with van der Waals surface area (Å²) in [6.45, 7) is 36.4. The number of likely N-dealkylation sites (N-methyl/N-ethyl adjacent to an activating group) is 1. The van der Waals surface area contributed by atoms with Crippen LogP contribution in [-0.4, -0.2) is 300 Å². The number of piperidine rings is 2. The maximum absolute atomic E-state index is 5.29. The lowest BCUT2D eigenvalue weighted by atomic mass is 9.80. The molecule has 11 N–H and O–H groups in total. The molecule has 2 unspecified atom stereocenters. The minimum Gasteiger partial charge on any atom is -0.328 e. The number of H-pyrrole nitrogens is 5. The van der Waals surface area contributed by atoms with Crippen LogP contribution in [-0.2, 0) is 37.6 Å². The van der Waals surface area contributed by atoms with Crippen molar-refractivity contribution in [2.45, 2.75) is 133 Å². The number of aromatic amines is 5. The summed E-state index contributed by atoms with van der Waals surface area (Å²) in [7, 11) is 3.90. The molecule has 20 aromatic rings. The normalized spacial score (nSPS) is 17.1. The number of fused-ring (bicyclic) bond motifs is 5. The predicted molar refractivity (Wildman–Crippen MR) is 587 cm³/mol. The van der Waals surface area contributed by atoms with E-state index in [1.165, 1.54) is 94.1 Å². The molecule has 44 nitrogen and oxygen atoms in total. The van der Waals surface area contributed by atoms with Crippen LogP contribution in [0.2, 0.25) is 0 Å². The first-order valence-electron chi connectivity index (χ1n) is 51.0. The monoisotopic (exact) mass is 2110 g/mol. The maximum Gasteiger partial charge on any atom is 0.180 e. The van der Waals surface area contributed by atoms with Crippen molar-refractivity contribution >= 4 is 139 Å². The van der Waals surface area contributed by atoms with Gasteiger partial charge in [-0.05, 0) is 172 Å². The molecule has 5 aliphatic heterocycles. The van der Waals surface area contributed by atoms with Gasteiger partial charge in [-0.1, -0.05) is 47.9 Å². The third-order valence-electron chi connectivity index (χ3n) is 27.6. The minimum absolute atomic E-state index is 0.473. The Hall–Kier alpha value is -14.1. The SMILES string of the molecule is CCCN(Cc1ncc(Nc2nc(C)cn3c(-c4cn[nH]c4)cnc23)s1)CC1CC1.CON1CCN(Cc2cc(Nc3nc(C)cn4c(-c5cn[nH]c5)cnc34)sn2)CC1.Cc1cn2c(-c3cn[nH]c3)cnc2c(Nc2cc(CN3CCN(C)CC3)ns2)n1.Cc1cn2c(-c3cn[nH]c3)cnc2c(Nc2cnc(CN3CCC4(CCCNC4)C3)s2)n1.Cc1cn2c(-c3cn[nH]c3)cnc2c(Nc2cnc(CN3CCCC(C)C3)s2)n1. The van der Waals surface area contributed by atoms with Crippen molar-refractivity contribution in [1.29, 1.82) is 0 Å². The van der Waals surface area contributed by atoms with E-state index in [9.17, 15) is 0 Å². The second-order valence-corrected chi connectivity index (χ2v) is 44.4. The first-order chi connectivity index (χ1) is 73.4. The van der Waals surface area contributed by atoms with Crippen molar-refractivity contribution in [2.75, 3.05) is 145 Å². The summed E-state index contributed by atoms with van der Waals surface area (Å²) in [4.78, 5) is 80.5. The molecule has 1 spiro atoms. The summed E-state index contributed by atoms with van der Waals surface area (Å²) >= 11 is 7.98. The van der Waals surface area contributed by atoms with Crippen LogP contribution >= 0.6 is 57.1 Å². The van der Waals surface area contributed by atoms with Crippen LogP contribution < -0.4 is 31.9 Å². The fourth-order valence-electron chi connectivity index (χ4n) is 20.1. The number of aromatic nitrogens is 30. The first-order valence-corrected chi connectivity index (χ1v) is 55.0. The van der Waals surface area contributed by atoms with E-state index in [1.54, 1.807) is 72.1 Å². The number of likely N-dealkylation sites (tertiary alicyclic amines) is 2. The molecule has 0 amide bonds. The lowest BCUT2D eigenvalue weighted by molar-refractivity contribution is -0.152. The number of hydroxylamine groups is 2. The summed E-state index contributed by atoms with van der Waals surface area (Å²) in [6, 6.07) is 4.21. The van der Waals surface area contributed by atoms with Crippen molar-refractivity contribution in [1.82, 2.24) is 186 Å². The summed E-state index contributed by atoms with van der Waals surface area (Å²) in [6.07, 6.45) is 53.7. The number of nitrogens with zero attached hydrogens (tertiary/aromatic N) is 32. The van der Waals surface area contributed by atoms with Gasteiger partial charge in [0, 0.05) is 181 Å². The minimum atomic E-state index is 0.473. The van der Waals surface area contributed by atoms with Gasteiger partial charge in [-0.2, -0.15) is 39.3 Å². The number of thiazole rings is 3. The fraction of sp³-hybridized carbons (Fsp3) is 0.406. The lowest BCUT2D eigenvalue weighted by Crippen LogP contribution is -2.45. The van der Waals surface area contributed by atoms with E-state index in [0.29, 0.717) is 11.2 Å². The highest BCUT2D eigenvalue weighted by atomic mass is 32.1. The molecular formula is C101H123N43OS5. The number of anilines is 10. The van der Waals surface area contributed by atoms with Crippen molar-refractivity contribution in [3.8, 4) is 56.3 Å². The highest BCUT2D eigenvalue weighted by molar-refractivity contribution is 7.16. The molecule has 2 atom stereocenters. The van der Waals surface area contributed by atoms with Crippen molar-refractivity contribution in [2.24, 2.45) is 17.3 Å². The zero-order valence-corrected chi connectivity index (χ0v) is 89.4. The standard InChI is InChI=1S/C22H27N9S.C21H26N8S.C20H24N8S.C19H23N9OS.C19H23N9S/c1-15-11-31-17(16-7-26-27-8-16)9-25-21(31)20(28-15)29-18-10-24-19(32-18)12-30-6-4-22(14-30)3-2-5-23-13-22;1-3-6-28(12-15-4-5-15)13-19-22-10-18(30-19)27-20-21-23-9-17(16-7-24-25-8-16)29(21)11-14(2)26-20;1-13-4-3-5-27(10-13)12-18-21-9-17(29-18)26-19-20-22-8-16(15-6-23-24-7-15)28(20)11-14(2)25-19;1-13-11-28-16(14-8-21-22-9-14)10-20-19(28)18(23-13)24-17-7-15(25-30-17)12-26-3-5-27(29-2)6-4-26;1-13-11-28-16(14-8-21-22-9-14)10-20-19(28)18(23-13)24-17-7-15(25-29-17)12-27-5-3-26(2)4-6-27/h7-11,23H,2-6,12-14H2,1H3,(H,26,27)(H,28,29);7-11,15H,3-6,12-13H2,1-2H3,(H,24,25)(H,26,27);6-9,11,13H,3-5,10,12H2,1-2H3,(H,23,24)(H,25,26);7-11H,3-6,12H2,1-2H3,(H,21,22)(H,23,24);7-11H,3-6,12H2,1-2H3,(H,21,22)(H,23,24). The largest absolute Gasteiger partial charge is 0.328 e. The average molecular weight is 2120 g/mol. The quantitative estimate of drug-likeness (QED) is 0.0199. The zero-order chi connectivity index (χ0) is 102. The van der Waals surface area contributed by atoms with E-state index < -0.39 is 0 Å². The molecular weight excluding hydrogens is 1990 g/mol. The third kappa shape index (κ3) is 24.0. The first kappa shape index (κ1) is 100. The summed E-state index contributed by atoms with van der Waals surface area (Å²) in [5, 5.41) is 65.6. The molecule has 49 heteroatoms. The Kier molecular flexibility index (Phi) is 30.7. The number of aryl methyl sites for hydroxylation is 5. The third-order valence-corrected chi connectivity index (χ3v) is 31.8. The van der Waals surface area contributed by atoms with E-state index >= 15 is 0 Å². The molecule has 20 aromatic heterocycles. The van der Waals surface area contributed by atoms with Crippen LogP contribution in [0.5, 0.6) is 0 Å². The van der Waals surface area contributed by atoms with Gasteiger partial charge in [0.2, 0.25) is 0 Å². The van der Waals surface area contributed by atoms with Crippen LogP contribution in [0.1, 0.15) is 120 Å². The molecule has 150 heavy (non-hydrogen) atoms. The van der Waals surface area contributed by atoms with Crippen LogP contribution in [0.4, 0.5) is 54.1 Å². The van der Waals surface area contributed by atoms with Crippen LogP contribution in [0.25, 0.3) is 84.5 Å². The fourth-order valence-corrected chi connectivity index (χ4v) is 24.0. The second kappa shape index (κ2) is 45.8. The Morgan fingerprint density at radius 2 is 0.800 bits per heavy atom. The van der Waals surface area contributed by atoms with E-state index in [0.717, 1.165) is 317 Å². The Labute approximate surface area is 885 Å². The van der Waals surface area contributed by atoms with Crippen molar-refractivity contribution in [3.05, 3.63) is 210 Å². The highest BCUT2D eigenvalue weighted by Gasteiger charge is 2.39. The highest BCUT2D eigenvalue weighted by Crippen LogP contribution is 2.41. The predicted octanol–water partition coefficient (Wildman–Crippen LogP) is 16.0.